The predicted molar refractivity (Wildman–Crippen MR) is 96.1 cm³/mol. The number of piperidine rings is 1. The summed E-state index contributed by atoms with van der Waals surface area (Å²) in [5, 5.41) is 12.5. The smallest absolute Gasteiger partial charge is 0.250 e. The fraction of sp³-hybridized carbons (Fsp3) is 0.611. The van der Waals surface area contributed by atoms with E-state index in [-0.39, 0.29) is 0 Å². The van der Waals surface area contributed by atoms with Gasteiger partial charge in [0.1, 0.15) is 0 Å². The van der Waals surface area contributed by atoms with Gasteiger partial charge in [0, 0.05) is 32.7 Å². The van der Waals surface area contributed by atoms with Gasteiger partial charge in [-0.15, -0.1) is 0 Å². The van der Waals surface area contributed by atoms with E-state index in [4.69, 9.17) is 4.74 Å². The van der Waals surface area contributed by atoms with Crippen LogP contribution in [0.5, 0.6) is 0 Å². The van der Waals surface area contributed by atoms with Crippen LogP contribution in [-0.2, 0) is 4.74 Å². The van der Waals surface area contributed by atoms with E-state index in [1.54, 1.807) is 0 Å². The van der Waals surface area contributed by atoms with E-state index in [9.17, 15) is 0 Å². The Morgan fingerprint density at radius 2 is 1.92 bits per heavy atom. The zero-order valence-electron chi connectivity index (χ0n) is 14.8. The van der Waals surface area contributed by atoms with Gasteiger partial charge in [-0.2, -0.15) is 4.68 Å². The van der Waals surface area contributed by atoms with Crippen LogP contribution < -0.4 is 4.90 Å². The van der Waals surface area contributed by atoms with Crippen molar-refractivity contribution >= 4 is 5.95 Å². The fourth-order valence-electron chi connectivity index (χ4n) is 3.78. The molecule has 0 amide bonds. The lowest BCUT2D eigenvalue weighted by molar-refractivity contribution is 0.0296. The van der Waals surface area contributed by atoms with Crippen molar-refractivity contribution in [1.29, 1.82) is 0 Å². The molecule has 1 atom stereocenters. The number of aryl methyl sites for hydroxylation is 1. The van der Waals surface area contributed by atoms with Gasteiger partial charge in [-0.25, -0.2) is 0 Å². The molecular formula is C18H26N6O. The molecular weight excluding hydrogens is 316 g/mol. The van der Waals surface area contributed by atoms with Crippen molar-refractivity contribution in [1.82, 2.24) is 25.1 Å². The van der Waals surface area contributed by atoms with Gasteiger partial charge in [-0.1, -0.05) is 22.8 Å². The van der Waals surface area contributed by atoms with Gasteiger partial charge in [-0.3, -0.25) is 4.90 Å². The van der Waals surface area contributed by atoms with E-state index in [1.165, 1.54) is 18.4 Å². The molecule has 25 heavy (non-hydrogen) atoms. The zero-order valence-corrected chi connectivity index (χ0v) is 14.8. The number of hydrogen-bond acceptors (Lipinski definition) is 6. The zero-order chi connectivity index (χ0) is 17.1. The molecule has 1 aromatic heterocycles. The van der Waals surface area contributed by atoms with Gasteiger partial charge in [0.15, 0.2) is 0 Å². The molecule has 0 spiro atoms. The average Bonchev–Trinajstić information content (AvgIpc) is 3.13. The van der Waals surface area contributed by atoms with Crippen molar-refractivity contribution in [2.75, 3.05) is 50.8 Å². The quantitative estimate of drug-likeness (QED) is 0.840. The molecule has 0 aliphatic carbocycles. The minimum absolute atomic E-state index is 0.662. The van der Waals surface area contributed by atoms with Gasteiger partial charge in [0.2, 0.25) is 5.95 Å². The minimum Gasteiger partial charge on any atom is -0.379 e. The summed E-state index contributed by atoms with van der Waals surface area (Å²) in [4.78, 5) is 4.87. The summed E-state index contributed by atoms with van der Waals surface area (Å²) in [6.07, 6.45) is 2.47. The number of hydrogen-bond donors (Lipinski definition) is 0. The standard InChI is InChI=1S/C18H26N6O/c1-15-4-6-17(7-5-15)24-18(19-20-21-24)23-8-2-3-16(14-23)13-22-9-11-25-12-10-22/h4-7,16H,2-3,8-14H2,1H3. The van der Waals surface area contributed by atoms with Gasteiger partial charge in [0.25, 0.3) is 0 Å². The van der Waals surface area contributed by atoms with Gasteiger partial charge in [0.05, 0.1) is 18.9 Å². The molecule has 7 nitrogen and oxygen atoms in total. The summed E-state index contributed by atoms with van der Waals surface area (Å²) >= 11 is 0. The lowest BCUT2D eigenvalue weighted by Crippen LogP contribution is -2.45. The Bertz CT molecular complexity index is 679. The Hall–Kier alpha value is -1.99. The largest absolute Gasteiger partial charge is 0.379 e. The molecule has 4 rings (SSSR count). The minimum atomic E-state index is 0.662. The fourth-order valence-corrected chi connectivity index (χ4v) is 3.78. The first-order valence-electron chi connectivity index (χ1n) is 9.20. The second-order valence-electron chi connectivity index (χ2n) is 7.09. The summed E-state index contributed by atoms with van der Waals surface area (Å²) in [6, 6.07) is 8.34. The molecule has 1 unspecified atom stereocenters. The summed E-state index contributed by atoms with van der Waals surface area (Å²) in [7, 11) is 0. The second-order valence-corrected chi connectivity index (χ2v) is 7.09. The third kappa shape index (κ3) is 3.82. The van der Waals surface area contributed by atoms with Crippen LogP contribution in [0.1, 0.15) is 18.4 Å². The molecule has 0 N–H and O–H groups in total. The van der Waals surface area contributed by atoms with Crippen LogP contribution in [-0.4, -0.2) is 71.0 Å². The summed E-state index contributed by atoms with van der Waals surface area (Å²) in [5.74, 6) is 1.52. The van der Waals surface area contributed by atoms with E-state index >= 15 is 0 Å². The highest BCUT2D eigenvalue weighted by Crippen LogP contribution is 2.24. The van der Waals surface area contributed by atoms with Crippen LogP contribution in [0.3, 0.4) is 0 Å². The number of anilines is 1. The van der Waals surface area contributed by atoms with E-state index in [0.29, 0.717) is 5.92 Å². The molecule has 0 bridgehead atoms. The highest BCUT2D eigenvalue weighted by molar-refractivity contribution is 5.42. The maximum Gasteiger partial charge on any atom is 0.250 e. The monoisotopic (exact) mass is 342 g/mol. The highest BCUT2D eigenvalue weighted by Gasteiger charge is 2.26. The predicted octanol–water partition coefficient (Wildman–Crippen LogP) is 1.52. The molecule has 7 heteroatoms. The van der Waals surface area contributed by atoms with Crippen molar-refractivity contribution in [2.45, 2.75) is 19.8 Å². The topological polar surface area (TPSA) is 59.3 Å². The van der Waals surface area contributed by atoms with E-state index in [1.807, 2.05) is 4.68 Å². The van der Waals surface area contributed by atoms with Crippen LogP contribution >= 0.6 is 0 Å². The Kier molecular flexibility index (Phi) is 4.94. The van der Waals surface area contributed by atoms with Gasteiger partial charge >= 0.3 is 0 Å². The molecule has 2 aromatic rings. The van der Waals surface area contributed by atoms with E-state index < -0.39 is 0 Å². The number of tetrazole rings is 1. The third-order valence-electron chi connectivity index (χ3n) is 5.15. The number of benzene rings is 1. The molecule has 2 aliphatic heterocycles. The first kappa shape index (κ1) is 16.5. The Labute approximate surface area is 148 Å². The highest BCUT2D eigenvalue weighted by atomic mass is 16.5. The summed E-state index contributed by atoms with van der Waals surface area (Å²) < 4.78 is 7.32. The number of morpholine rings is 1. The summed E-state index contributed by atoms with van der Waals surface area (Å²) in [5.41, 5.74) is 2.25. The van der Waals surface area contributed by atoms with Crippen LogP contribution in [0.15, 0.2) is 24.3 Å². The summed E-state index contributed by atoms with van der Waals surface area (Å²) in [6.45, 7) is 9.10. The maximum absolute atomic E-state index is 5.46. The molecule has 0 saturated carbocycles. The van der Waals surface area contributed by atoms with Crippen molar-refractivity contribution in [3.63, 3.8) is 0 Å². The second kappa shape index (κ2) is 7.49. The third-order valence-corrected chi connectivity index (χ3v) is 5.15. The van der Waals surface area contributed by atoms with Crippen molar-refractivity contribution < 1.29 is 4.74 Å². The molecule has 1 aromatic carbocycles. The van der Waals surface area contributed by atoms with Gasteiger partial charge < -0.3 is 9.64 Å². The van der Waals surface area contributed by atoms with Crippen molar-refractivity contribution in [3.8, 4) is 5.69 Å². The van der Waals surface area contributed by atoms with E-state index in [0.717, 1.165) is 57.6 Å². The Morgan fingerprint density at radius 1 is 1.12 bits per heavy atom. The van der Waals surface area contributed by atoms with Gasteiger partial charge in [-0.05, 0) is 48.2 Å². The van der Waals surface area contributed by atoms with Crippen molar-refractivity contribution in [2.24, 2.45) is 5.92 Å². The van der Waals surface area contributed by atoms with Crippen LogP contribution in [0.2, 0.25) is 0 Å². The molecule has 3 heterocycles. The number of aromatic nitrogens is 4. The first-order valence-corrected chi connectivity index (χ1v) is 9.20. The molecule has 0 radical (unpaired) electrons. The SMILES string of the molecule is Cc1ccc(-n2nnnc2N2CCCC(CN3CCOCC3)C2)cc1. The average molecular weight is 342 g/mol. The first-order chi connectivity index (χ1) is 12.3. The van der Waals surface area contributed by atoms with E-state index in [2.05, 4.69) is 56.5 Å². The lowest BCUT2D eigenvalue weighted by atomic mass is 9.97. The molecule has 2 saturated heterocycles. The molecule has 2 fully saturated rings. The Balaban J connectivity index is 1.46. The molecule has 2 aliphatic rings. The number of ether oxygens (including phenoxy) is 1. The lowest BCUT2D eigenvalue weighted by Gasteiger charge is -2.36. The van der Waals surface area contributed by atoms with Crippen LogP contribution in [0, 0.1) is 12.8 Å². The number of rotatable bonds is 4. The maximum atomic E-state index is 5.46. The molecule has 134 valence electrons. The number of nitrogens with zero attached hydrogens (tertiary/aromatic N) is 6. The normalized spacial score (nSPS) is 22.3. The van der Waals surface area contributed by atoms with Crippen molar-refractivity contribution in [3.05, 3.63) is 29.8 Å². The van der Waals surface area contributed by atoms with Crippen LogP contribution in [0.25, 0.3) is 5.69 Å². The van der Waals surface area contributed by atoms with Crippen LogP contribution in [0.4, 0.5) is 5.95 Å². The Morgan fingerprint density at radius 3 is 2.72 bits per heavy atom.